The molecule has 0 saturated heterocycles. The minimum Gasteiger partial charge on any atom is -0.497 e. The fourth-order valence-electron chi connectivity index (χ4n) is 3.91. The maximum Gasteiger partial charge on any atom is 0.340 e. The van der Waals surface area contributed by atoms with Gasteiger partial charge in [-0.05, 0) is 35.9 Å². The molecule has 172 valence electrons. The number of nitrogens with one attached hydrogen (secondary N) is 2. The number of carbonyl (C=O) groups is 2. The van der Waals surface area contributed by atoms with E-state index in [4.69, 9.17) is 14.2 Å². The van der Waals surface area contributed by atoms with Crippen molar-refractivity contribution in [1.29, 1.82) is 0 Å². The summed E-state index contributed by atoms with van der Waals surface area (Å²) in [6, 6.07) is 7.85. The molecule has 0 fully saturated rings. The van der Waals surface area contributed by atoms with Gasteiger partial charge in [0.15, 0.2) is 0 Å². The van der Waals surface area contributed by atoms with Gasteiger partial charge in [0.05, 0.1) is 44.6 Å². The molecule has 2 N–H and O–H groups in total. The summed E-state index contributed by atoms with van der Waals surface area (Å²) in [5.41, 5.74) is 2.41. The molecule has 1 aliphatic heterocycles. The van der Waals surface area contributed by atoms with Crippen molar-refractivity contribution in [2.24, 2.45) is 0 Å². The van der Waals surface area contributed by atoms with Gasteiger partial charge in [-0.1, -0.05) is 0 Å². The van der Waals surface area contributed by atoms with Crippen LogP contribution < -0.4 is 14.8 Å². The van der Waals surface area contributed by atoms with Gasteiger partial charge >= 0.3 is 12.0 Å². The van der Waals surface area contributed by atoms with Gasteiger partial charge in [0.25, 0.3) is 0 Å². The molecule has 0 radical (unpaired) electrons. The lowest BCUT2D eigenvalue weighted by Gasteiger charge is -2.35. The fraction of sp³-hybridized carbons (Fsp3) is 0.261. The Labute approximate surface area is 189 Å². The lowest BCUT2D eigenvalue weighted by atomic mass is 9.95. The summed E-state index contributed by atoms with van der Waals surface area (Å²) < 4.78 is 29.3. The second kappa shape index (κ2) is 9.19. The molecule has 3 aromatic rings. The normalized spacial score (nSPS) is 14.9. The Morgan fingerprint density at radius 1 is 1.12 bits per heavy atom. The van der Waals surface area contributed by atoms with Crippen molar-refractivity contribution in [2.45, 2.75) is 12.5 Å². The van der Waals surface area contributed by atoms with Gasteiger partial charge < -0.3 is 29.4 Å². The number of imidazole rings is 1. The number of aromatic nitrogens is 2. The Morgan fingerprint density at radius 3 is 2.52 bits per heavy atom. The highest BCUT2D eigenvalue weighted by Gasteiger charge is 2.35. The van der Waals surface area contributed by atoms with Crippen molar-refractivity contribution >= 4 is 17.7 Å². The number of aromatic amines is 1. The largest absolute Gasteiger partial charge is 0.497 e. The quantitative estimate of drug-likeness (QED) is 0.572. The zero-order valence-corrected chi connectivity index (χ0v) is 18.3. The monoisotopic (exact) mass is 454 g/mol. The van der Waals surface area contributed by atoms with E-state index in [1.54, 1.807) is 31.5 Å². The van der Waals surface area contributed by atoms with Crippen LogP contribution in [0.5, 0.6) is 11.5 Å². The lowest BCUT2D eigenvalue weighted by Crippen LogP contribution is -2.43. The molecular weight excluding hydrogens is 431 g/mol. The summed E-state index contributed by atoms with van der Waals surface area (Å²) >= 11 is 0. The first-order chi connectivity index (χ1) is 15.9. The number of urea groups is 1. The number of rotatable bonds is 5. The molecule has 10 heteroatoms. The standard InChI is InChI=1S/C23H23FN4O5/c1-31-15-8-13(9-16(11-15)32-2)21-20-19(25-12-26-20)6-7-28(21)23(30)27-18-5-4-14(24)10-17(18)22(29)33-3/h4-5,8-12,21H,6-7H2,1-3H3,(H,25,26)(H,27,30)/t21-/m1/s1. The van der Waals surface area contributed by atoms with E-state index < -0.39 is 23.9 Å². The molecule has 0 unspecified atom stereocenters. The summed E-state index contributed by atoms with van der Waals surface area (Å²) in [5, 5.41) is 2.72. The maximum atomic E-state index is 13.7. The molecule has 9 nitrogen and oxygen atoms in total. The number of methoxy groups -OCH3 is 3. The zero-order chi connectivity index (χ0) is 23.5. The number of H-pyrrole nitrogens is 1. The van der Waals surface area contributed by atoms with E-state index in [-0.39, 0.29) is 11.3 Å². The van der Waals surface area contributed by atoms with Gasteiger partial charge in [0, 0.05) is 24.7 Å². The maximum absolute atomic E-state index is 13.7. The average molecular weight is 454 g/mol. The van der Waals surface area contributed by atoms with Gasteiger partial charge in [-0.2, -0.15) is 0 Å². The summed E-state index contributed by atoms with van der Waals surface area (Å²) in [4.78, 5) is 34.7. The smallest absolute Gasteiger partial charge is 0.340 e. The summed E-state index contributed by atoms with van der Waals surface area (Å²) in [7, 11) is 4.29. The predicted molar refractivity (Wildman–Crippen MR) is 117 cm³/mol. The van der Waals surface area contributed by atoms with E-state index in [1.807, 2.05) is 12.1 Å². The van der Waals surface area contributed by atoms with Gasteiger partial charge in [0.1, 0.15) is 23.4 Å². The van der Waals surface area contributed by atoms with Crippen molar-refractivity contribution in [3.63, 3.8) is 0 Å². The molecule has 0 spiro atoms. The Kier molecular flexibility index (Phi) is 6.16. The van der Waals surface area contributed by atoms with E-state index in [2.05, 4.69) is 15.3 Å². The number of hydrogen-bond donors (Lipinski definition) is 2. The Balaban J connectivity index is 1.73. The SMILES string of the molecule is COC(=O)c1cc(F)ccc1NC(=O)N1CCc2[nH]cnc2[C@H]1c1cc(OC)cc(OC)c1. The topological polar surface area (TPSA) is 106 Å². The highest BCUT2D eigenvalue weighted by Crippen LogP contribution is 2.37. The molecule has 0 saturated carbocycles. The summed E-state index contributed by atoms with van der Waals surface area (Å²) in [6.45, 7) is 0.375. The molecule has 33 heavy (non-hydrogen) atoms. The number of benzene rings is 2. The number of anilines is 1. The first kappa shape index (κ1) is 22.1. The van der Waals surface area contributed by atoms with Gasteiger partial charge in [-0.25, -0.2) is 19.0 Å². The Morgan fingerprint density at radius 2 is 1.85 bits per heavy atom. The number of nitrogens with zero attached hydrogens (tertiary/aromatic N) is 2. The molecule has 4 rings (SSSR count). The first-order valence-corrected chi connectivity index (χ1v) is 10.2. The van der Waals surface area contributed by atoms with Crippen LogP contribution in [0.4, 0.5) is 14.9 Å². The number of hydrogen-bond acceptors (Lipinski definition) is 6. The van der Waals surface area contributed by atoms with Gasteiger partial charge in [-0.3, -0.25) is 0 Å². The van der Waals surface area contributed by atoms with Crippen LogP contribution in [-0.4, -0.2) is 54.7 Å². The molecule has 0 aliphatic carbocycles. The van der Waals surface area contributed by atoms with Crippen LogP contribution in [0.2, 0.25) is 0 Å². The predicted octanol–water partition coefficient (Wildman–Crippen LogP) is 3.53. The highest BCUT2D eigenvalue weighted by molar-refractivity contribution is 6.01. The second-order valence-electron chi connectivity index (χ2n) is 7.37. The van der Waals surface area contributed by atoms with Crippen LogP contribution >= 0.6 is 0 Å². The average Bonchev–Trinajstić information content (AvgIpc) is 3.32. The molecule has 1 atom stereocenters. The van der Waals surface area contributed by atoms with Crippen LogP contribution in [0.1, 0.15) is 33.4 Å². The van der Waals surface area contributed by atoms with Crippen LogP contribution in [0.15, 0.2) is 42.7 Å². The number of amides is 2. The van der Waals surface area contributed by atoms with Crippen LogP contribution in [0.3, 0.4) is 0 Å². The van der Waals surface area contributed by atoms with E-state index in [1.165, 1.54) is 13.2 Å². The number of fused-ring (bicyclic) bond motifs is 1. The van der Waals surface area contributed by atoms with Crippen LogP contribution in [0, 0.1) is 5.82 Å². The molecule has 1 aliphatic rings. The molecule has 2 heterocycles. The third-order valence-electron chi connectivity index (χ3n) is 5.50. The third kappa shape index (κ3) is 4.32. The third-order valence-corrected chi connectivity index (χ3v) is 5.50. The minimum atomic E-state index is -0.757. The number of esters is 1. The summed E-state index contributed by atoms with van der Waals surface area (Å²) in [6.07, 6.45) is 2.15. The Hall–Kier alpha value is -4.08. The highest BCUT2D eigenvalue weighted by atomic mass is 19.1. The molecule has 2 amide bonds. The van der Waals surface area contributed by atoms with E-state index in [0.29, 0.717) is 30.2 Å². The molecule has 0 bridgehead atoms. The fourth-order valence-corrected chi connectivity index (χ4v) is 3.91. The van der Waals surface area contributed by atoms with Crippen molar-refractivity contribution < 1.29 is 28.2 Å². The number of ether oxygens (including phenoxy) is 3. The molecular formula is C23H23FN4O5. The first-order valence-electron chi connectivity index (χ1n) is 10.2. The lowest BCUT2D eigenvalue weighted by molar-refractivity contribution is 0.0601. The van der Waals surface area contributed by atoms with Gasteiger partial charge in [0.2, 0.25) is 0 Å². The van der Waals surface area contributed by atoms with Crippen molar-refractivity contribution in [3.05, 3.63) is 71.1 Å². The van der Waals surface area contributed by atoms with Crippen molar-refractivity contribution in [2.75, 3.05) is 33.2 Å². The zero-order valence-electron chi connectivity index (χ0n) is 18.3. The Bertz CT molecular complexity index is 1170. The molecule has 1 aromatic heterocycles. The van der Waals surface area contributed by atoms with E-state index in [0.717, 1.165) is 23.4 Å². The van der Waals surface area contributed by atoms with E-state index >= 15 is 0 Å². The molecule has 2 aromatic carbocycles. The summed E-state index contributed by atoms with van der Waals surface area (Å²) in [5.74, 6) is -0.237. The number of halogens is 1. The second-order valence-corrected chi connectivity index (χ2v) is 7.37. The minimum absolute atomic E-state index is 0.0806. The van der Waals surface area contributed by atoms with Crippen molar-refractivity contribution in [3.8, 4) is 11.5 Å². The van der Waals surface area contributed by atoms with E-state index in [9.17, 15) is 14.0 Å². The van der Waals surface area contributed by atoms with Crippen LogP contribution in [-0.2, 0) is 11.2 Å². The van der Waals surface area contributed by atoms with Crippen molar-refractivity contribution in [1.82, 2.24) is 14.9 Å². The van der Waals surface area contributed by atoms with Gasteiger partial charge in [-0.15, -0.1) is 0 Å². The number of carbonyl (C=O) groups excluding carboxylic acids is 2. The van der Waals surface area contributed by atoms with Crippen LogP contribution in [0.25, 0.3) is 0 Å².